The van der Waals surface area contributed by atoms with Crippen LogP contribution in [0.1, 0.15) is 73.8 Å². The minimum absolute atomic E-state index is 0.223. The number of aryl methyl sites for hydroxylation is 2. The topological polar surface area (TPSA) is 0 Å². The van der Waals surface area contributed by atoms with Gasteiger partial charge in [-0.2, -0.15) is 0 Å². The summed E-state index contributed by atoms with van der Waals surface area (Å²) in [5.74, 6) is 7.87. The predicted octanol–water partition coefficient (Wildman–Crippen LogP) is 7.36. The van der Waals surface area contributed by atoms with Crippen LogP contribution in [0.25, 0.3) is 0 Å². The van der Waals surface area contributed by atoms with Crippen LogP contribution < -0.4 is 0 Å². The first-order chi connectivity index (χ1) is 13.5. The number of rotatable bonds is 7. The largest absolute Gasteiger partial charge is 0.102 e. The molecule has 1 fully saturated rings. The van der Waals surface area contributed by atoms with E-state index in [0.29, 0.717) is 5.92 Å². The van der Waals surface area contributed by atoms with Crippen LogP contribution in [0.4, 0.5) is 0 Å². The molecule has 2 atom stereocenters. The molecule has 0 amide bonds. The highest BCUT2D eigenvalue weighted by Crippen LogP contribution is 2.53. The van der Waals surface area contributed by atoms with E-state index in [2.05, 4.69) is 88.6 Å². The number of allylic oxidation sites excluding steroid dienone is 1. The summed E-state index contributed by atoms with van der Waals surface area (Å²) < 4.78 is 0. The van der Waals surface area contributed by atoms with Gasteiger partial charge in [-0.3, -0.25) is 0 Å². The Morgan fingerprint density at radius 2 is 1.82 bits per heavy atom. The zero-order valence-corrected chi connectivity index (χ0v) is 18.0. The van der Waals surface area contributed by atoms with Crippen LogP contribution in [0.5, 0.6) is 0 Å². The van der Waals surface area contributed by atoms with Crippen molar-refractivity contribution < 1.29 is 0 Å². The predicted molar refractivity (Wildman–Crippen MR) is 122 cm³/mol. The Hall–Kier alpha value is -2.26. The smallest absolute Gasteiger partial charge is 0.0411 e. The lowest BCUT2D eigenvalue weighted by Crippen LogP contribution is -2.10. The third-order valence-corrected chi connectivity index (χ3v) is 6.42. The molecule has 1 saturated carbocycles. The fraction of sp³-hybridized carbons (Fsp3) is 0.429. The molecular weight excluding hydrogens is 336 g/mol. The van der Waals surface area contributed by atoms with Crippen molar-refractivity contribution in [3.63, 3.8) is 0 Å². The van der Waals surface area contributed by atoms with Crippen molar-refractivity contribution in [3.05, 3.63) is 82.9 Å². The van der Waals surface area contributed by atoms with Gasteiger partial charge in [-0.05, 0) is 61.8 Å². The Bertz CT molecular complexity index is 886. The monoisotopic (exact) mass is 370 g/mol. The maximum atomic E-state index is 4.04. The molecule has 2 unspecified atom stereocenters. The van der Waals surface area contributed by atoms with Crippen molar-refractivity contribution in [1.29, 1.82) is 0 Å². The Kier molecular flexibility index (Phi) is 6.46. The van der Waals surface area contributed by atoms with Crippen LogP contribution in [-0.2, 0) is 5.41 Å². The van der Waals surface area contributed by atoms with Crippen molar-refractivity contribution in [2.24, 2.45) is 11.8 Å². The second-order valence-electron chi connectivity index (χ2n) is 8.47. The molecule has 1 aliphatic carbocycles. The van der Waals surface area contributed by atoms with Gasteiger partial charge in [0.2, 0.25) is 0 Å². The second kappa shape index (κ2) is 8.83. The number of benzene rings is 2. The molecular formula is C28H34. The molecule has 0 radical (unpaired) electrons. The van der Waals surface area contributed by atoms with Crippen LogP contribution in [0.15, 0.2) is 55.1 Å². The van der Waals surface area contributed by atoms with E-state index in [1.807, 2.05) is 6.08 Å². The van der Waals surface area contributed by atoms with Gasteiger partial charge in [-0.15, -0.1) is 6.58 Å². The van der Waals surface area contributed by atoms with Crippen LogP contribution in [0.3, 0.4) is 0 Å². The van der Waals surface area contributed by atoms with E-state index in [1.54, 1.807) is 0 Å². The summed E-state index contributed by atoms with van der Waals surface area (Å²) in [7, 11) is 0. The first kappa shape index (κ1) is 20.5. The van der Waals surface area contributed by atoms with Crippen LogP contribution in [0.2, 0.25) is 0 Å². The van der Waals surface area contributed by atoms with Crippen LogP contribution >= 0.6 is 0 Å². The Morgan fingerprint density at radius 1 is 1.07 bits per heavy atom. The van der Waals surface area contributed by atoms with E-state index < -0.39 is 0 Å². The fourth-order valence-corrected chi connectivity index (χ4v) is 4.45. The molecule has 2 aromatic rings. The van der Waals surface area contributed by atoms with Gasteiger partial charge < -0.3 is 0 Å². The molecule has 3 rings (SSSR count). The summed E-state index contributed by atoms with van der Waals surface area (Å²) in [5, 5.41) is 0. The van der Waals surface area contributed by atoms with E-state index in [-0.39, 0.29) is 11.3 Å². The van der Waals surface area contributed by atoms with Gasteiger partial charge in [-0.25, -0.2) is 0 Å². The number of hydrogen-bond donors (Lipinski definition) is 0. The molecule has 146 valence electrons. The average Bonchev–Trinajstić information content (AvgIpc) is 3.50. The lowest BCUT2D eigenvalue weighted by Gasteiger charge is -2.19. The first-order valence-electron chi connectivity index (χ1n) is 10.9. The van der Waals surface area contributed by atoms with Gasteiger partial charge in [-0.1, -0.05) is 86.6 Å². The SMILES string of the molecule is C=CC(C#Cc1ccc(C2(c3cccc(C)c3)CC2)cc1C)C(CC)CCC. The van der Waals surface area contributed by atoms with Crippen molar-refractivity contribution in [2.75, 3.05) is 0 Å². The third-order valence-electron chi connectivity index (χ3n) is 6.42. The van der Waals surface area contributed by atoms with Gasteiger partial charge in [0.1, 0.15) is 0 Å². The third kappa shape index (κ3) is 4.25. The molecule has 2 aromatic carbocycles. The molecule has 0 bridgehead atoms. The van der Waals surface area contributed by atoms with E-state index in [9.17, 15) is 0 Å². The van der Waals surface area contributed by atoms with Crippen LogP contribution in [0, 0.1) is 37.5 Å². The molecule has 1 aliphatic rings. The minimum Gasteiger partial charge on any atom is -0.102 e. The molecule has 0 aromatic heterocycles. The van der Waals surface area contributed by atoms with Crippen molar-refractivity contribution in [1.82, 2.24) is 0 Å². The fourth-order valence-electron chi connectivity index (χ4n) is 4.45. The summed E-state index contributed by atoms with van der Waals surface area (Å²) in [6.45, 7) is 12.9. The summed E-state index contributed by atoms with van der Waals surface area (Å²) in [6.07, 6.45) is 8.12. The summed E-state index contributed by atoms with van der Waals surface area (Å²) in [5.41, 5.74) is 6.91. The van der Waals surface area contributed by atoms with Gasteiger partial charge in [0.25, 0.3) is 0 Å². The van der Waals surface area contributed by atoms with E-state index in [0.717, 1.165) is 12.0 Å². The highest BCUT2D eigenvalue weighted by molar-refractivity contribution is 5.51. The average molecular weight is 371 g/mol. The second-order valence-corrected chi connectivity index (χ2v) is 8.47. The lowest BCUT2D eigenvalue weighted by atomic mass is 9.85. The maximum absolute atomic E-state index is 4.04. The molecule has 0 aliphatic heterocycles. The van der Waals surface area contributed by atoms with Gasteiger partial charge in [0.05, 0.1) is 0 Å². The number of hydrogen-bond acceptors (Lipinski definition) is 0. The summed E-state index contributed by atoms with van der Waals surface area (Å²) in [6, 6.07) is 15.9. The minimum atomic E-state index is 0.223. The Morgan fingerprint density at radius 3 is 2.39 bits per heavy atom. The Labute approximate surface area is 172 Å². The zero-order valence-electron chi connectivity index (χ0n) is 18.0. The summed E-state index contributed by atoms with van der Waals surface area (Å²) >= 11 is 0. The van der Waals surface area contributed by atoms with Crippen molar-refractivity contribution in [3.8, 4) is 11.8 Å². The lowest BCUT2D eigenvalue weighted by molar-refractivity contribution is 0.413. The molecule has 28 heavy (non-hydrogen) atoms. The first-order valence-corrected chi connectivity index (χ1v) is 10.9. The summed E-state index contributed by atoms with van der Waals surface area (Å²) in [4.78, 5) is 0. The molecule has 0 N–H and O–H groups in total. The van der Waals surface area contributed by atoms with Crippen LogP contribution in [-0.4, -0.2) is 0 Å². The normalized spacial score (nSPS) is 16.6. The molecule has 0 heterocycles. The van der Waals surface area contributed by atoms with Gasteiger partial charge >= 0.3 is 0 Å². The molecule has 0 heteroatoms. The zero-order chi connectivity index (χ0) is 20.1. The van der Waals surface area contributed by atoms with Gasteiger partial charge in [0, 0.05) is 16.9 Å². The highest BCUT2D eigenvalue weighted by atomic mass is 14.5. The van der Waals surface area contributed by atoms with Crippen molar-refractivity contribution >= 4 is 0 Å². The standard InChI is InChI=1S/C28H34/c1-6-10-23(7-2)24(8-3)13-14-25-15-16-27(20-22(25)5)28(17-18-28)26-12-9-11-21(4)19-26/h8-9,11-12,15-16,19-20,23-24H,3,6-7,10,17-18H2,1-2,4-5H3. The Balaban J connectivity index is 1.85. The molecule has 0 nitrogen and oxygen atoms in total. The van der Waals surface area contributed by atoms with Crippen molar-refractivity contribution in [2.45, 2.75) is 65.2 Å². The molecule has 0 saturated heterocycles. The van der Waals surface area contributed by atoms with Gasteiger partial charge in [0.15, 0.2) is 0 Å². The maximum Gasteiger partial charge on any atom is 0.0411 e. The van der Waals surface area contributed by atoms with E-state index >= 15 is 0 Å². The quantitative estimate of drug-likeness (QED) is 0.353. The highest BCUT2D eigenvalue weighted by Gasteiger charge is 2.45. The van der Waals surface area contributed by atoms with E-state index in [1.165, 1.54) is 47.9 Å². The molecule has 0 spiro atoms. The van der Waals surface area contributed by atoms with E-state index in [4.69, 9.17) is 0 Å².